The van der Waals surface area contributed by atoms with E-state index in [1.54, 1.807) is 0 Å². The number of hydrogen-bond acceptors (Lipinski definition) is 1. The van der Waals surface area contributed by atoms with Crippen molar-refractivity contribution in [3.63, 3.8) is 0 Å². The van der Waals surface area contributed by atoms with Crippen LogP contribution in [0.3, 0.4) is 0 Å². The number of nitrogens with one attached hydrogen (secondary N) is 1. The second-order valence-electron chi connectivity index (χ2n) is 4.76. The maximum atomic E-state index is 5.28. The Balaban J connectivity index is 4.00. The molecule has 0 aromatic heterocycles. The summed E-state index contributed by atoms with van der Waals surface area (Å²) in [6.45, 7) is 10.3. The summed E-state index contributed by atoms with van der Waals surface area (Å²) in [6.07, 6.45) is 9.76. The van der Waals surface area contributed by atoms with Gasteiger partial charge in [-0.1, -0.05) is 27.7 Å². The van der Waals surface area contributed by atoms with Crippen LogP contribution in [0.4, 0.5) is 0 Å². The van der Waals surface area contributed by atoms with Crippen LogP contribution in [-0.4, -0.2) is 12.6 Å². The Morgan fingerprint density at radius 2 is 1.93 bits per heavy atom. The van der Waals surface area contributed by atoms with Gasteiger partial charge in [0, 0.05) is 12.5 Å². The molecule has 0 heterocycles. The van der Waals surface area contributed by atoms with Crippen molar-refractivity contribution in [3.05, 3.63) is 0 Å². The lowest BCUT2D eigenvalue weighted by Crippen LogP contribution is -2.37. The molecule has 0 rings (SSSR count). The molecule has 0 aromatic carbocycles. The van der Waals surface area contributed by atoms with E-state index in [9.17, 15) is 0 Å². The molecule has 1 nitrogen and oxygen atoms in total. The standard InChI is InChI=1S/C14H27N/c1-6-8-9-10-14(15-11-7-2)13(5)12(3)4/h1,12-15H,7-11H2,2-5H3. The van der Waals surface area contributed by atoms with Crippen molar-refractivity contribution < 1.29 is 0 Å². The molecule has 15 heavy (non-hydrogen) atoms. The van der Waals surface area contributed by atoms with Crippen LogP contribution in [0.1, 0.15) is 53.4 Å². The molecule has 0 aromatic rings. The second kappa shape index (κ2) is 8.80. The van der Waals surface area contributed by atoms with Crippen molar-refractivity contribution in [2.24, 2.45) is 11.8 Å². The summed E-state index contributed by atoms with van der Waals surface area (Å²) in [6, 6.07) is 0.637. The van der Waals surface area contributed by atoms with Crippen molar-refractivity contribution in [1.29, 1.82) is 0 Å². The summed E-state index contributed by atoms with van der Waals surface area (Å²) in [5.41, 5.74) is 0. The molecule has 0 aliphatic carbocycles. The van der Waals surface area contributed by atoms with Crippen LogP contribution in [0.15, 0.2) is 0 Å². The number of terminal acetylenes is 1. The average Bonchev–Trinajstić information content (AvgIpc) is 2.22. The first-order valence-corrected chi connectivity index (χ1v) is 6.30. The second-order valence-corrected chi connectivity index (χ2v) is 4.76. The fourth-order valence-corrected chi connectivity index (χ4v) is 1.77. The highest BCUT2D eigenvalue weighted by Crippen LogP contribution is 2.18. The molecule has 0 aliphatic heterocycles. The van der Waals surface area contributed by atoms with Gasteiger partial charge in [-0.05, 0) is 37.6 Å². The van der Waals surface area contributed by atoms with E-state index in [-0.39, 0.29) is 0 Å². The first kappa shape index (κ1) is 14.5. The predicted molar refractivity (Wildman–Crippen MR) is 68.8 cm³/mol. The smallest absolute Gasteiger partial charge is 0.00954 e. The third kappa shape index (κ3) is 6.57. The van der Waals surface area contributed by atoms with Crippen LogP contribution >= 0.6 is 0 Å². The Morgan fingerprint density at radius 3 is 2.40 bits per heavy atom. The Hall–Kier alpha value is -0.480. The molecule has 0 spiro atoms. The first-order chi connectivity index (χ1) is 7.13. The molecule has 0 aliphatic rings. The predicted octanol–water partition coefficient (Wildman–Crippen LogP) is 3.45. The largest absolute Gasteiger partial charge is 0.314 e. The third-order valence-electron chi connectivity index (χ3n) is 3.18. The minimum atomic E-state index is 0.637. The lowest BCUT2D eigenvalue weighted by Gasteiger charge is -2.28. The van der Waals surface area contributed by atoms with E-state index in [2.05, 4.69) is 38.9 Å². The normalized spacial score (nSPS) is 14.9. The molecule has 1 heteroatoms. The highest BCUT2D eigenvalue weighted by molar-refractivity contribution is 4.85. The summed E-state index contributed by atoms with van der Waals surface area (Å²) < 4.78 is 0. The Bertz CT molecular complexity index is 178. The van der Waals surface area contributed by atoms with E-state index in [1.165, 1.54) is 12.8 Å². The number of hydrogen-bond donors (Lipinski definition) is 1. The Morgan fingerprint density at radius 1 is 1.27 bits per heavy atom. The molecular weight excluding hydrogens is 182 g/mol. The fourth-order valence-electron chi connectivity index (χ4n) is 1.77. The van der Waals surface area contributed by atoms with E-state index in [0.717, 1.165) is 31.2 Å². The van der Waals surface area contributed by atoms with Gasteiger partial charge >= 0.3 is 0 Å². The number of rotatable bonds is 8. The van der Waals surface area contributed by atoms with Gasteiger partial charge in [0.2, 0.25) is 0 Å². The summed E-state index contributed by atoms with van der Waals surface area (Å²) in [7, 11) is 0. The molecule has 2 atom stereocenters. The molecule has 0 saturated heterocycles. The van der Waals surface area contributed by atoms with E-state index in [4.69, 9.17) is 6.42 Å². The quantitative estimate of drug-likeness (QED) is 0.477. The van der Waals surface area contributed by atoms with E-state index >= 15 is 0 Å². The van der Waals surface area contributed by atoms with Crippen LogP contribution in [0.25, 0.3) is 0 Å². The average molecular weight is 209 g/mol. The highest BCUT2D eigenvalue weighted by atomic mass is 14.9. The summed E-state index contributed by atoms with van der Waals surface area (Å²) in [5.74, 6) is 4.19. The monoisotopic (exact) mass is 209 g/mol. The molecular formula is C14H27N. The minimum absolute atomic E-state index is 0.637. The molecule has 2 unspecified atom stereocenters. The van der Waals surface area contributed by atoms with E-state index < -0.39 is 0 Å². The number of unbranched alkanes of at least 4 members (excludes halogenated alkanes) is 1. The van der Waals surface area contributed by atoms with Gasteiger partial charge in [0.05, 0.1) is 0 Å². The zero-order chi connectivity index (χ0) is 11.7. The molecule has 0 saturated carbocycles. The van der Waals surface area contributed by atoms with Crippen LogP contribution in [0, 0.1) is 24.2 Å². The van der Waals surface area contributed by atoms with Crippen molar-refractivity contribution in [2.45, 2.75) is 59.4 Å². The molecule has 88 valence electrons. The van der Waals surface area contributed by atoms with Crippen molar-refractivity contribution >= 4 is 0 Å². The van der Waals surface area contributed by atoms with Gasteiger partial charge < -0.3 is 5.32 Å². The third-order valence-corrected chi connectivity index (χ3v) is 3.18. The van der Waals surface area contributed by atoms with Gasteiger partial charge in [-0.15, -0.1) is 12.3 Å². The van der Waals surface area contributed by atoms with Crippen molar-refractivity contribution in [3.8, 4) is 12.3 Å². The molecule has 0 radical (unpaired) electrons. The van der Waals surface area contributed by atoms with E-state index in [0.29, 0.717) is 6.04 Å². The minimum Gasteiger partial charge on any atom is -0.314 e. The topological polar surface area (TPSA) is 12.0 Å². The highest BCUT2D eigenvalue weighted by Gasteiger charge is 2.18. The van der Waals surface area contributed by atoms with Crippen LogP contribution in [0.5, 0.6) is 0 Å². The van der Waals surface area contributed by atoms with Gasteiger partial charge in [0.25, 0.3) is 0 Å². The summed E-state index contributed by atoms with van der Waals surface area (Å²) in [4.78, 5) is 0. The van der Waals surface area contributed by atoms with Gasteiger partial charge in [-0.3, -0.25) is 0 Å². The maximum Gasteiger partial charge on any atom is 0.00954 e. The van der Waals surface area contributed by atoms with Gasteiger partial charge in [-0.25, -0.2) is 0 Å². The van der Waals surface area contributed by atoms with Gasteiger partial charge in [-0.2, -0.15) is 0 Å². The van der Waals surface area contributed by atoms with Crippen molar-refractivity contribution in [1.82, 2.24) is 5.32 Å². The molecule has 1 N–H and O–H groups in total. The SMILES string of the molecule is C#CCCCC(NCCC)C(C)C(C)C. The maximum absolute atomic E-state index is 5.28. The molecule has 0 fully saturated rings. The lowest BCUT2D eigenvalue weighted by molar-refractivity contribution is 0.282. The van der Waals surface area contributed by atoms with Gasteiger partial charge in [0.1, 0.15) is 0 Å². The lowest BCUT2D eigenvalue weighted by atomic mass is 9.87. The molecule has 0 amide bonds. The Kier molecular flexibility index (Phi) is 8.52. The van der Waals surface area contributed by atoms with Crippen LogP contribution < -0.4 is 5.32 Å². The Labute approximate surface area is 96.0 Å². The summed E-state index contributed by atoms with van der Waals surface area (Å²) >= 11 is 0. The molecule has 0 bridgehead atoms. The zero-order valence-corrected chi connectivity index (χ0v) is 10.8. The zero-order valence-electron chi connectivity index (χ0n) is 10.8. The fraction of sp³-hybridized carbons (Fsp3) is 0.857. The van der Waals surface area contributed by atoms with E-state index in [1.807, 2.05) is 0 Å². The summed E-state index contributed by atoms with van der Waals surface area (Å²) in [5, 5.41) is 3.64. The van der Waals surface area contributed by atoms with Crippen LogP contribution in [-0.2, 0) is 0 Å². The van der Waals surface area contributed by atoms with Crippen LogP contribution in [0.2, 0.25) is 0 Å². The van der Waals surface area contributed by atoms with Crippen molar-refractivity contribution in [2.75, 3.05) is 6.54 Å². The first-order valence-electron chi connectivity index (χ1n) is 6.30. The van der Waals surface area contributed by atoms with Gasteiger partial charge in [0.15, 0.2) is 0 Å².